The molecule has 1 amide bonds. The molecule has 0 aliphatic heterocycles. The molecule has 0 unspecified atom stereocenters. The van der Waals surface area contributed by atoms with E-state index in [0.29, 0.717) is 21.6 Å². The Morgan fingerprint density at radius 1 is 1.34 bits per heavy atom. The molecule has 150 valence electrons. The van der Waals surface area contributed by atoms with Crippen molar-refractivity contribution in [3.05, 3.63) is 56.5 Å². The molecule has 11 heteroatoms. The summed E-state index contributed by atoms with van der Waals surface area (Å²) < 4.78 is 2.76. The van der Waals surface area contributed by atoms with Gasteiger partial charge in [-0.05, 0) is 24.3 Å². The lowest BCUT2D eigenvalue weighted by atomic mass is 10.2. The van der Waals surface area contributed by atoms with Crippen molar-refractivity contribution < 1.29 is 9.90 Å². The monoisotopic (exact) mass is 513 g/mol. The van der Waals surface area contributed by atoms with Crippen molar-refractivity contribution in [3.8, 4) is 17.1 Å². The predicted molar refractivity (Wildman–Crippen MR) is 119 cm³/mol. The molecule has 0 saturated carbocycles. The Balaban J connectivity index is 1.59. The van der Waals surface area contributed by atoms with E-state index in [2.05, 4.69) is 36.7 Å². The Labute approximate surface area is 189 Å². The van der Waals surface area contributed by atoms with Crippen LogP contribution in [0.25, 0.3) is 11.4 Å². The summed E-state index contributed by atoms with van der Waals surface area (Å²) in [4.78, 5) is 12.0. The van der Waals surface area contributed by atoms with Gasteiger partial charge in [-0.1, -0.05) is 63.0 Å². The number of hydrogen-bond acceptors (Lipinski definition) is 6. The van der Waals surface area contributed by atoms with Gasteiger partial charge >= 0.3 is 0 Å². The third-order valence-corrected chi connectivity index (χ3v) is 5.72. The van der Waals surface area contributed by atoms with Gasteiger partial charge in [-0.25, -0.2) is 5.43 Å². The molecule has 0 saturated heterocycles. The molecule has 29 heavy (non-hydrogen) atoms. The second-order valence-electron chi connectivity index (χ2n) is 5.78. The average molecular weight is 515 g/mol. The van der Waals surface area contributed by atoms with E-state index in [4.69, 9.17) is 23.2 Å². The summed E-state index contributed by atoms with van der Waals surface area (Å²) in [5.41, 5.74) is 3.59. The Kier molecular flexibility index (Phi) is 7.18. The van der Waals surface area contributed by atoms with E-state index >= 15 is 0 Å². The number of nitrogens with one attached hydrogen (secondary N) is 1. The van der Waals surface area contributed by atoms with Crippen molar-refractivity contribution in [2.75, 3.05) is 5.75 Å². The van der Waals surface area contributed by atoms with Gasteiger partial charge in [-0.2, -0.15) is 5.10 Å². The molecule has 3 aromatic rings. The minimum Gasteiger partial charge on any atom is -0.506 e. The SMILES string of the molecule is Cn1c(SCC(=O)N/N=C\c2cc(Cl)cc(Cl)c2O)nnc1-c1cccc(Br)c1. The number of aromatic nitrogens is 3. The van der Waals surface area contributed by atoms with Crippen molar-refractivity contribution in [2.45, 2.75) is 5.16 Å². The number of hydrazone groups is 1. The fourth-order valence-electron chi connectivity index (χ4n) is 2.34. The van der Waals surface area contributed by atoms with Gasteiger partial charge in [0, 0.05) is 27.7 Å². The molecule has 1 heterocycles. The summed E-state index contributed by atoms with van der Waals surface area (Å²) >= 11 is 16.4. The standard InChI is InChI=1S/C18H14BrCl2N5O2S/c1-26-17(10-3-2-4-12(19)5-10)24-25-18(26)29-9-15(27)23-22-8-11-6-13(20)7-14(21)16(11)28/h2-8,28H,9H2,1H3,(H,23,27)/b22-8-. The van der Waals surface area contributed by atoms with E-state index in [0.717, 1.165) is 10.0 Å². The number of aromatic hydroxyl groups is 1. The van der Waals surface area contributed by atoms with Crippen molar-refractivity contribution in [1.82, 2.24) is 20.2 Å². The molecule has 2 aromatic carbocycles. The normalized spacial score (nSPS) is 11.2. The fourth-order valence-corrected chi connectivity index (χ4v) is 3.95. The lowest BCUT2D eigenvalue weighted by Gasteiger charge is -2.04. The molecule has 0 radical (unpaired) electrons. The van der Waals surface area contributed by atoms with E-state index < -0.39 is 0 Å². The summed E-state index contributed by atoms with van der Waals surface area (Å²) in [6.45, 7) is 0. The van der Waals surface area contributed by atoms with Crippen LogP contribution in [-0.4, -0.2) is 37.7 Å². The Hall–Kier alpha value is -2.07. The van der Waals surface area contributed by atoms with Crippen LogP contribution in [0.1, 0.15) is 5.56 Å². The van der Waals surface area contributed by atoms with Gasteiger partial charge in [0.05, 0.1) is 17.0 Å². The molecule has 0 aliphatic rings. The van der Waals surface area contributed by atoms with Gasteiger partial charge < -0.3 is 9.67 Å². The van der Waals surface area contributed by atoms with Crippen LogP contribution in [0.3, 0.4) is 0 Å². The predicted octanol–water partition coefficient (Wildman–Crippen LogP) is 4.50. The van der Waals surface area contributed by atoms with E-state index in [1.165, 1.54) is 30.1 Å². The number of phenolic OH excluding ortho intramolecular Hbond substituents is 1. The van der Waals surface area contributed by atoms with Gasteiger partial charge in [0.25, 0.3) is 5.91 Å². The number of thioether (sulfide) groups is 1. The van der Waals surface area contributed by atoms with Crippen LogP contribution < -0.4 is 5.43 Å². The molecule has 1 aromatic heterocycles. The van der Waals surface area contributed by atoms with E-state index in [9.17, 15) is 9.90 Å². The largest absolute Gasteiger partial charge is 0.506 e. The molecule has 2 N–H and O–H groups in total. The van der Waals surface area contributed by atoms with E-state index in [-0.39, 0.29) is 22.4 Å². The number of phenols is 1. The fraction of sp³-hybridized carbons (Fsp3) is 0.111. The maximum absolute atomic E-state index is 12.0. The molecule has 3 rings (SSSR count). The molecule has 0 spiro atoms. The van der Waals surface area contributed by atoms with Crippen molar-refractivity contribution >= 4 is 63.0 Å². The van der Waals surface area contributed by atoms with Crippen LogP contribution in [0, 0.1) is 0 Å². The van der Waals surface area contributed by atoms with Crippen LogP contribution in [0.4, 0.5) is 0 Å². The molecule has 0 fully saturated rings. The summed E-state index contributed by atoms with van der Waals surface area (Å²) in [7, 11) is 1.83. The highest BCUT2D eigenvalue weighted by Gasteiger charge is 2.13. The number of nitrogens with zero attached hydrogens (tertiary/aromatic N) is 4. The van der Waals surface area contributed by atoms with Gasteiger partial charge in [0.15, 0.2) is 11.0 Å². The number of rotatable bonds is 6. The zero-order valence-electron chi connectivity index (χ0n) is 14.9. The van der Waals surface area contributed by atoms with E-state index in [1.54, 1.807) is 0 Å². The second kappa shape index (κ2) is 9.62. The van der Waals surface area contributed by atoms with Gasteiger partial charge in [0.1, 0.15) is 5.75 Å². The summed E-state index contributed by atoms with van der Waals surface area (Å²) in [6, 6.07) is 10.6. The highest BCUT2D eigenvalue weighted by atomic mass is 79.9. The smallest absolute Gasteiger partial charge is 0.250 e. The van der Waals surface area contributed by atoms with Gasteiger partial charge in [-0.3, -0.25) is 4.79 Å². The number of carbonyl (C=O) groups is 1. The van der Waals surface area contributed by atoms with Crippen molar-refractivity contribution in [3.63, 3.8) is 0 Å². The lowest BCUT2D eigenvalue weighted by molar-refractivity contribution is -0.118. The molecule has 0 bridgehead atoms. The maximum atomic E-state index is 12.0. The molecular formula is C18H14BrCl2N5O2S. The number of hydrogen-bond donors (Lipinski definition) is 2. The van der Waals surface area contributed by atoms with Gasteiger partial charge in [-0.15, -0.1) is 10.2 Å². The summed E-state index contributed by atoms with van der Waals surface area (Å²) in [5.74, 6) is 0.276. The molecular weight excluding hydrogens is 501 g/mol. The third-order valence-electron chi connectivity index (χ3n) is 3.70. The molecule has 0 aliphatic carbocycles. The Morgan fingerprint density at radius 2 is 2.14 bits per heavy atom. The first kappa shape index (κ1) is 21.6. The van der Waals surface area contributed by atoms with Crippen LogP contribution in [0.2, 0.25) is 10.0 Å². The van der Waals surface area contributed by atoms with Gasteiger partial charge in [0.2, 0.25) is 0 Å². The summed E-state index contributed by atoms with van der Waals surface area (Å²) in [6.07, 6.45) is 1.27. The highest BCUT2D eigenvalue weighted by molar-refractivity contribution is 9.10. The minimum atomic E-state index is -0.342. The third kappa shape index (κ3) is 5.51. The average Bonchev–Trinajstić information content (AvgIpc) is 3.04. The van der Waals surface area contributed by atoms with Crippen LogP contribution in [0.5, 0.6) is 5.75 Å². The maximum Gasteiger partial charge on any atom is 0.250 e. The van der Waals surface area contributed by atoms with Crippen molar-refractivity contribution in [2.24, 2.45) is 12.1 Å². The van der Waals surface area contributed by atoms with Crippen LogP contribution in [0.15, 0.2) is 51.1 Å². The second-order valence-corrected chi connectivity index (χ2v) is 8.48. The van der Waals surface area contributed by atoms with Crippen molar-refractivity contribution in [1.29, 1.82) is 0 Å². The zero-order chi connectivity index (χ0) is 21.0. The minimum absolute atomic E-state index is 0.0874. The van der Waals surface area contributed by atoms with Crippen LogP contribution >= 0.6 is 50.9 Å². The number of carbonyl (C=O) groups excluding carboxylic acids is 1. The topological polar surface area (TPSA) is 92.4 Å². The number of amides is 1. The lowest BCUT2D eigenvalue weighted by Crippen LogP contribution is -2.19. The zero-order valence-corrected chi connectivity index (χ0v) is 18.8. The summed E-state index contributed by atoms with van der Waals surface area (Å²) in [5, 5.41) is 23.0. The Bertz CT molecular complexity index is 1090. The molecule has 0 atom stereocenters. The highest BCUT2D eigenvalue weighted by Crippen LogP contribution is 2.30. The van der Waals surface area contributed by atoms with E-state index in [1.807, 2.05) is 35.9 Å². The first-order chi connectivity index (χ1) is 13.8. The molecule has 7 nitrogen and oxygen atoms in total. The Morgan fingerprint density at radius 3 is 2.90 bits per heavy atom. The number of benzene rings is 2. The first-order valence-corrected chi connectivity index (χ1v) is 10.7. The first-order valence-electron chi connectivity index (χ1n) is 8.13. The quantitative estimate of drug-likeness (QED) is 0.287. The van der Waals surface area contributed by atoms with Crippen LogP contribution in [-0.2, 0) is 11.8 Å². The number of halogens is 3.